The van der Waals surface area contributed by atoms with Crippen LogP contribution in [0.4, 0.5) is 0 Å². The van der Waals surface area contributed by atoms with E-state index in [1.54, 1.807) is 14.0 Å². The van der Waals surface area contributed by atoms with Crippen LogP contribution in [-0.2, 0) is 0 Å². The van der Waals surface area contributed by atoms with Crippen molar-refractivity contribution in [3.63, 3.8) is 0 Å². The van der Waals surface area contributed by atoms with Crippen LogP contribution < -0.4 is 14.2 Å². The van der Waals surface area contributed by atoms with Crippen molar-refractivity contribution in [3.05, 3.63) is 71.6 Å². The van der Waals surface area contributed by atoms with E-state index in [-0.39, 0.29) is 5.78 Å². The lowest BCUT2D eigenvalue weighted by Crippen LogP contribution is -2.33. The van der Waals surface area contributed by atoms with Crippen LogP contribution in [0.1, 0.15) is 35.9 Å². The Kier molecular flexibility index (Phi) is 7.54. The molecule has 3 aromatic carbocycles. The van der Waals surface area contributed by atoms with Gasteiger partial charge in [0.2, 0.25) is 0 Å². The molecule has 0 N–H and O–H groups in total. The molecule has 5 nitrogen and oxygen atoms in total. The number of benzene rings is 3. The fourth-order valence-corrected chi connectivity index (χ4v) is 5.50. The highest BCUT2D eigenvalue weighted by molar-refractivity contribution is 7.17. The molecular weight excluding hydrogens is 470 g/mol. The van der Waals surface area contributed by atoms with Crippen molar-refractivity contribution >= 4 is 27.9 Å². The molecular formula is C30H31NO4S. The van der Waals surface area contributed by atoms with E-state index < -0.39 is 0 Å². The van der Waals surface area contributed by atoms with Gasteiger partial charge >= 0.3 is 0 Å². The van der Waals surface area contributed by atoms with Crippen molar-refractivity contribution in [1.29, 1.82) is 0 Å². The maximum Gasteiger partial charge on any atom is 0.169 e. The lowest BCUT2D eigenvalue weighted by atomic mass is 10.0. The van der Waals surface area contributed by atoms with Gasteiger partial charge in [0.25, 0.3) is 0 Å². The van der Waals surface area contributed by atoms with Gasteiger partial charge in [-0.25, -0.2) is 0 Å². The zero-order valence-electron chi connectivity index (χ0n) is 20.8. The summed E-state index contributed by atoms with van der Waals surface area (Å²) < 4.78 is 17.9. The maximum absolute atomic E-state index is 11.9. The summed E-state index contributed by atoms with van der Waals surface area (Å²) in [6, 6.07) is 21.7. The van der Waals surface area contributed by atoms with E-state index in [1.165, 1.54) is 43.7 Å². The number of piperidine rings is 1. The Balaban J connectivity index is 1.38. The van der Waals surface area contributed by atoms with Gasteiger partial charge in [-0.2, -0.15) is 0 Å². The van der Waals surface area contributed by atoms with E-state index in [0.29, 0.717) is 6.61 Å². The highest BCUT2D eigenvalue weighted by atomic mass is 32.1. The highest BCUT2D eigenvalue weighted by Crippen LogP contribution is 2.43. The van der Waals surface area contributed by atoms with Crippen LogP contribution in [0.2, 0.25) is 0 Å². The summed E-state index contributed by atoms with van der Waals surface area (Å²) in [4.78, 5) is 16.1. The van der Waals surface area contributed by atoms with Gasteiger partial charge < -0.3 is 14.2 Å². The molecule has 0 bridgehead atoms. The average molecular weight is 502 g/mol. The number of nitrogens with zero attached hydrogens (tertiary/aromatic N) is 1. The van der Waals surface area contributed by atoms with Gasteiger partial charge in [-0.1, -0.05) is 12.5 Å². The first-order valence-electron chi connectivity index (χ1n) is 12.5. The number of methoxy groups -OCH3 is 1. The van der Waals surface area contributed by atoms with Crippen LogP contribution in [0.3, 0.4) is 0 Å². The van der Waals surface area contributed by atoms with Crippen molar-refractivity contribution in [2.45, 2.75) is 26.2 Å². The minimum absolute atomic E-state index is 0.0649. The second-order valence-corrected chi connectivity index (χ2v) is 10.2. The SMILES string of the molecule is COc1ccc2c(Oc3ccc(OCCN4CCCCC4)cc3)c(-c3ccc(C(C)=O)s3)ccc2c1. The lowest BCUT2D eigenvalue weighted by Gasteiger charge is -2.26. The molecule has 0 aliphatic carbocycles. The molecule has 1 aliphatic rings. The Morgan fingerprint density at radius 3 is 2.36 bits per heavy atom. The number of likely N-dealkylation sites (tertiary alicyclic amines) is 1. The van der Waals surface area contributed by atoms with Gasteiger partial charge in [-0.3, -0.25) is 9.69 Å². The first kappa shape index (κ1) is 24.3. The molecule has 1 saturated heterocycles. The molecule has 0 saturated carbocycles. The van der Waals surface area contributed by atoms with Crippen LogP contribution in [-0.4, -0.2) is 44.0 Å². The summed E-state index contributed by atoms with van der Waals surface area (Å²) >= 11 is 1.48. The minimum Gasteiger partial charge on any atom is -0.497 e. The third kappa shape index (κ3) is 5.55. The molecule has 0 unspecified atom stereocenters. The zero-order valence-corrected chi connectivity index (χ0v) is 21.6. The van der Waals surface area contributed by atoms with Gasteiger partial charge in [-0.05, 0) is 98.9 Å². The Labute approximate surface area is 216 Å². The Morgan fingerprint density at radius 2 is 1.64 bits per heavy atom. The molecule has 1 aromatic heterocycles. The fraction of sp³-hybridized carbons (Fsp3) is 0.300. The van der Waals surface area contributed by atoms with Crippen molar-refractivity contribution in [2.75, 3.05) is 33.4 Å². The van der Waals surface area contributed by atoms with Gasteiger partial charge in [0.1, 0.15) is 29.6 Å². The van der Waals surface area contributed by atoms with E-state index in [0.717, 1.165) is 55.6 Å². The molecule has 0 radical (unpaired) electrons. The molecule has 0 atom stereocenters. The number of thiophene rings is 1. The second kappa shape index (κ2) is 11.1. The average Bonchev–Trinajstić information content (AvgIpc) is 3.41. The summed E-state index contributed by atoms with van der Waals surface area (Å²) in [5.41, 5.74) is 0.951. The summed E-state index contributed by atoms with van der Waals surface area (Å²) in [7, 11) is 1.66. The number of rotatable bonds is 9. The predicted molar refractivity (Wildman–Crippen MR) is 146 cm³/mol. The Morgan fingerprint density at radius 1 is 0.889 bits per heavy atom. The molecule has 2 heterocycles. The summed E-state index contributed by atoms with van der Waals surface area (Å²) in [5, 5.41) is 2.00. The second-order valence-electron chi connectivity index (χ2n) is 9.07. The molecule has 4 aromatic rings. The van der Waals surface area contributed by atoms with E-state index in [1.807, 2.05) is 60.7 Å². The monoisotopic (exact) mass is 501 g/mol. The van der Waals surface area contributed by atoms with Crippen molar-refractivity contribution < 1.29 is 19.0 Å². The smallest absolute Gasteiger partial charge is 0.169 e. The van der Waals surface area contributed by atoms with Crippen LogP contribution >= 0.6 is 11.3 Å². The quantitative estimate of drug-likeness (QED) is 0.223. The predicted octanol–water partition coefficient (Wildman–Crippen LogP) is 7.44. The standard InChI is InChI=1S/C30H31NO4S/c1-21(32)28-14-15-29(36-28)27-12-6-22-20-25(33-2)11-13-26(22)30(27)35-24-9-7-23(8-10-24)34-19-18-31-16-4-3-5-17-31/h6-15,20H,3-5,16-19H2,1-2H3. The van der Waals surface area contributed by atoms with Crippen molar-refractivity contribution in [3.8, 4) is 33.4 Å². The van der Waals surface area contributed by atoms with E-state index in [4.69, 9.17) is 14.2 Å². The number of Topliss-reactive ketones (excluding diaryl/α,β-unsaturated/α-hetero) is 1. The minimum atomic E-state index is 0.0649. The summed E-state index contributed by atoms with van der Waals surface area (Å²) in [6.45, 7) is 5.59. The van der Waals surface area contributed by atoms with E-state index in [2.05, 4.69) is 11.0 Å². The van der Waals surface area contributed by atoms with Gasteiger partial charge in [-0.15, -0.1) is 11.3 Å². The van der Waals surface area contributed by atoms with Crippen LogP contribution in [0.5, 0.6) is 23.0 Å². The first-order valence-corrected chi connectivity index (χ1v) is 13.3. The normalized spacial score (nSPS) is 14.1. The Bertz CT molecular complexity index is 1340. The van der Waals surface area contributed by atoms with Crippen molar-refractivity contribution in [1.82, 2.24) is 4.90 Å². The number of carbonyl (C=O) groups is 1. The van der Waals surface area contributed by atoms with E-state index >= 15 is 0 Å². The zero-order chi connectivity index (χ0) is 24.9. The fourth-order valence-electron chi connectivity index (χ4n) is 4.58. The molecule has 5 rings (SSSR count). The molecule has 186 valence electrons. The largest absolute Gasteiger partial charge is 0.497 e. The number of hydrogen-bond acceptors (Lipinski definition) is 6. The third-order valence-corrected chi connectivity index (χ3v) is 7.78. The topological polar surface area (TPSA) is 48.0 Å². The summed E-state index contributed by atoms with van der Waals surface area (Å²) in [5.74, 6) is 3.18. The Hall–Kier alpha value is -3.35. The van der Waals surface area contributed by atoms with Gasteiger partial charge in [0.05, 0.1) is 12.0 Å². The number of hydrogen-bond donors (Lipinski definition) is 0. The molecule has 0 spiro atoms. The van der Waals surface area contributed by atoms with Gasteiger partial charge in [0.15, 0.2) is 5.78 Å². The lowest BCUT2D eigenvalue weighted by molar-refractivity contribution is 0.102. The number of carbonyl (C=O) groups excluding carboxylic acids is 1. The highest BCUT2D eigenvalue weighted by Gasteiger charge is 2.16. The number of fused-ring (bicyclic) bond motifs is 1. The first-order chi connectivity index (χ1) is 17.6. The number of ether oxygens (including phenoxy) is 3. The third-order valence-electron chi connectivity index (χ3n) is 6.56. The maximum atomic E-state index is 11.9. The van der Waals surface area contributed by atoms with E-state index in [9.17, 15) is 4.79 Å². The van der Waals surface area contributed by atoms with Crippen LogP contribution in [0.15, 0.2) is 66.7 Å². The number of ketones is 1. The molecule has 0 amide bonds. The van der Waals surface area contributed by atoms with Crippen molar-refractivity contribution in [2.24, 2.45) is 0 Å². The molecule has 6 heteroatoms. The molecule has 1 aliphatic heterocycles. The molecule has 36 heavy (non-hydrogen) atoms. The molecule has 1 fully saturated rings. The van der Waals surface area contributed by atoms with Crippen LogP contribution in [0.25, 0.3) is 21.2 Å². The summed E-state index contributed by atoms with van der Waals surface area (Å²) in [6.07, 6.45) is 3.92. The van der Waals surface area contributed by atoms with Crippen LogP contribution in [0, 0.1) is 0 Å². The van der Waals surface area contributed by atoms with Gasteiger partial charge in [0, 0.05) is 22.4 Å².